The van der Waals surface area contributed by atoms with Crippen LogP contribution in [0.2, 0.25) is 0 Å². The molecule has 2 N–H and O–H groups in total. The van der Waals surface area contributed by atoms with Crippen LogP contribution < -0.4 is 0 Å². The Bertz CT molecular complexity index is 669. The van der Waals surface area contributed by atoms with Gasteiger partial charge in [0.1, 0.15) is 0 Å². The number of aliphatic hydroxyl groups is 2. The summed E-state index contributed by atoms with van der Waals surface area (Å²) in [7, 11) is 0. The second kappa shape index (κ2) is 8.34. The Morgan fingerprint density at radius 2 is 1.32 bits per heavy atom. The normalized spacial score (nSPS) is 15.6. The minimum Gasteiger partial charge on any atom is -0.388 e. The van der Waals surface area contributed by atoms with E-state index in [-0.39, 0.29) is 0 Å². The Morgan fingerprint density at radius 1 is 0.880 bits per heavy atom. The van der Waals surface area contributed by atoms with Gasteiger partial charge in [-0.05, 0) is 41.8 Å². The summed E-state index contributed by atoms with van der Waals surface area (Å²) in [6, 6.07) is 11.6. The number of aliphatic hydroxyl groups excluding tert-OH is 2. The molecule has 0 spiro atoms. The molecule has 6 heteroatoms. The first-order valence-corrected chi connectivity index (χ1v) is 8.82. The van der Waals surface area contributed by atoms with Crippen molar-refractivity contribution in [3.8, 4) is 0 Å². The molecule has 0 aliphatic heterocycles. The van der Waals surface area contributed by atoms with Crippen LogP contribution in [0.25, 0.3) is 0 Å². The van der Waals surface area contributed by atoms with Crippen molar-refractivity contribution in [2.45, 2.75) is 38.1 Å². The fraction of sp³-hybridized carbons (Fsp3) is 0.368. The number of hydrogen-bond acceptors (Lipinski definition) is 2. The molecule has 0 fully saturated rings. The van der Waals surface area contributed by atoms with E-state index >= 15 is 0 Å². The molecule has 0 radical (unpaired) electrons. The van der Waals surface area contributed by atoms with Crippen molar-refractivity contribution in [2.24, 2.45) is 5.92 Å². The number of alkyl halides is 3. The maximum Gasteiger partial charge on any atom is 0.416 e. The average Bonchev–Trinajstić information content (AvgIpc) is 2.58. The summed E-state index contributed by atoms with van der Waals surface area (Å²) >= 11 is 3.33. The minimum atomic E-state index is -4.41. The van der Waals surface area contributed by atoms with Gasteiger partial charge in [-0.3, -0.25) is 0 Å². The van der Waals surface area contributed by atoms with Crippen LogP contribution in [-0.4, -0.2) is 10.2 Å². The van der Waals surface area contributed by atoms with Crippen molar-refractivity contribution < 1.29 is 23.4 Å². The predicted molar refractivity (Wildman–Crippen MR) is 93.9 cm³/mol. The van der Waals surface area contributed by atoms with Crippen molar-refractivity contribution in [3.05, 3.63) is 69.7 Å². The molecule has 0 unspecified atom stereocenters. The highest BCUT2D eigenvalue weighted by Crippen LogP contribution is 2.37. The number of hydrogen-bond donors (Lipinski definition) is 2. The van der Waals surface area contributed by atoms with Gasteiger partial charge in [0.15, 0.2) is 0 Å². The first kappa shape index (κ1) is 19.9. The summed E-state index contributed by atoms with van der Waals surface area (Å²) in [6.07, 6.45) is -5.11. The third-order valence-corrected chi connectivity index (χ3v) is 4.75. The molecule has 136 valence electrons. The fourth-order valence-electron chi connectivity index (χ4n) is 2.85. The quantitative estimate of drug-likeness (QED) is 0.638. The lowest BCUT2D eigenvalue weighted by molar-refractivity contribution is -0.137. The van der Waals surface area contributed by atoms with E-state index in [0.29, 0.717) is 17.5 Å². The highest BCUT2D eigenvalue weighted by molar-refractivity contribution is 9.10. The Balaban J connectivity index is 2.24. The average molecular weight is 417 g/mol. The maximum atomic E-state index is 12.7. The number of halogens is 4. The molecule has 0 heterocycles. The third-order valence-electron chi connectivity index (χ3n) is 4.22. The van der Waals surface area contributed by atoms with Crippen LogP contribution in [0, 0.1) is 5.92 Å². The Hall–Kier alpha value is -1.37. The van der Waals surface area contributed by atoms with E-state index in [1.807, 2.05) is 6.92 Å². The van der Waals surface area contributed by atoms with Crippen LogP contribution in [-0.2, 0) is 6.18 Å². The van der Waals surface area contributed by atoms with Gasteiger partial charge >= 0.3 is 6.18 Å². The summed E-state index contributed by atoms with van der Waals surface area (Å²) in [5.74, 6) is -0.511. The smallest absolute Gasteiger partial charge is 0.388 e. The number of rotatable bonds is 6. The number of benzene rings is 2. The van der Waals surface area contributed by atoms with Gasteiger partial charge in [0.25, 0.3) is 0 Å². The Morgan fingerprint density at radius 3 is 1.72 bits per heavy atom. The summed E-state index contributed by atoms with van der Waals surface area (Å²) in [5, 5.41) is 21.3. The van der Waals surface area contributed by atoms with E-state index in [9.17, 15) is 23.4 Å². The molecule has 2 rings (SSSR count). The highest BCUT2D eigenvalue weighted by Gasteiger charge is 2.32. The van der Waals surface area contributed by atoms with E-state index in [0.717, 1.165) is 23.0 Å². The molecule has 0 aromatic heterocycles. The van der Waals surface area contributed by atoms with Crippen LogP contribution in [0.1, 0.15) is 48.7 Å². The molecule has 0 saturated carbocycles. The molecule has 3 atom stereocenters. The van der Waals surface area contributed by atoms with Crippen LogP contribution in [0.5, 0.6) is 0 Å². The van der Waals surface area contributed by atoms with Crippen LogP contribution in [0.4, 0.5) is 13.2 Å². The fourth-order valence-corrected chi connectivity index (χ4v) is 3.11. The second-order valence-corrected chi connectivity index (χ2v) is 6.93. The summed E-state index contributed by atoms with van der Waals surface area (Å²) in [5.41, 5.74) is 0.263. The van der Waals surface area contributed by atoms with Gasteiger partial charge in [-0.1, -0.05) is 53.5 Å². The van der Waals surface area contributed by atoms with Crippen LogP contribution in [0.15, 0.2) is 53.0 Å². The molecule has 0 saturated heterocycles. The van der Waals surface area contributed by atoms with Crippen molar-refractivity contribution in [3.63, 3.8) is 0 Å². The lowest BCUT2D eigenvalue weighted by atomic mass is 9.84. The molecule has 0 aliphatic rings. The lowest BCUT2D eigenvalue weighted by Crippen LogP contribution is -2.21. The highest BCUT2D eigenvalue weighted by atomic mass is 79.9. The maximum absolute atomic E-state index is 12.7. The molecule has 2 nitrogen and oxygen atoms in total. The zero-order valence-electron chi connectivity index (χ0n) is 13.7. The van der Waals surface area contributed by atoms with E-state index in [1.54, 1.807) is 24.3 Å². The van der Waals surface area contributed by atoms with Crippen molar-refractivity contribution in [1.29, 1.82) is 0 Å². The predicted octanol–water partition coefficient (Wildman–Crippen LogP) is 5.65. The molecular weight excluding hydrogens is 397 g/mol. The third kappa shape index (κ3) is 5.06. The van der Waals surface area contributed by atoms with Crippen LogP contribution in [0.3, 0.4) is 0 Å². The van der Waals surface area contributed by atoms with E-state index in [4.69, 9.17) is 0 Å². The van der Waals surface area contributed by atoms with Gasteiger partial charge in [0, 0.05) is 10.4 Å². The van der Waals surface area contributed by atoms with Gasteiger partial charge in [0.05, 0.1) is 17.8 Å². The molecular formula is C19H20BrF3O2. The molecule has 2 aromatic rings. The van der Waals surface area contributed by atoms with Crippen molar-refractivity contribution in [1.82, 2.24) is 0 Å². The topological polar surface area (TPSA) is 40.5 Å². The molecule has 0 bridgehead atoms. The van der Waals surface area contributed by atoms with Crippen molar-refractivity contribution in [2.75, 3.05) is 0 Å². The van der Waals surface area contributed by atoms with Gasteiger partial charge in [-0.15, -0.1) is 0 Å². The van der Waals surface area contributed by atoms with Gasteiger partial charge < -0.3 is 10.2 Å². The second-order valence-electron chi connectivity index (χ2n) is 6.01. The molecule has 0 amide bonds. The molecule has 25 heavy (non-hydrogen) atoms. The van der Waals surface area contributed by atoms with E-state index in [2.05, 4.69) is 15.9 Å². The molecule has 0 aliphatic carbocycles. The first-order valence-electron chi connectivity index (χ1n) is 8.02. The summed E-state index contributed by atoms with van der Waals surface area (Å²) in [6.45, 7) is 1.93. The largest absolute Gasteiger partial charge is 0.416 e. The Kier molecular flexibility index (Phi) is 6.65. The van der Waals surface area contributed by atoms with Gasteiger partial charge in [-0.2, -0.15) is 13.2 Å². The van der Waals surface area contributed by atoms with Crippen LogP contribution >= 0.6 is 15.9 Å². The summed E-state index contributed by atoms with van der Waals surface area (Å²) in [4.78, 5) is 0. The monoisotopic (exact) mass is 416 g/mol. The first-order chi connectivity index (χ1) is 11.7. The zero-order valence-corrected chi connectivity index (χ0v) is 15.3. The minimum absolute atomic E-state index is 0.364. The van der Waals surface area contributed by atoms with E-state index < -0.39 is 29.9 Å². The van der Waals surface area contributed by atoms with Gasteiger partial charge in [0.2, 0.25) is 0 Å². The molecule has 2 aromatic carbocycles. The SMILES string of the molecule is CCC[C@H]([C@H](O)c1ccc(Br)cc1)[C@H](O)c1ccc(C(F)(F)F)cc1. The van der Waals surface area contributed by atoms with Crippen molar-refractivity contribution >= 4 is 15.9 Å². The lowest BCUT2D eigenvalue weighted by Gasteiger charge is -2.28. The Labute approximate surface area is 153 Å². The van der Waals surface area contributed by atoms with E-state index in [1.165, 1.54) is 12.1 Å². The zero-order chi connectivity index (χ0) is 18.6. The standard InChI is InChI=1S/C19H20BrF3O2/c1-2-3-16(18(25)13-6-10-15(20)11-7-13)17(24)12-4-8-14(9-5-12)19(21,22)23/h4-11,16-18,24-25H,2-3H2,1H3/t16-,17+,18+/m0/s1. The summed E-state index contributed by atoms with van der Waals surface area (Å²) < 4.78 is 38.9. The van der Waals surface area contributed by atoms with Gasteiger partial charge in [-0.25, -0.2) is 0 Å².